The van der Waals surface area contributed by atoms with E-state index in [1.165, 1.54) is 24.6 Å². The van der Waals surface area contributed by atoms with Crippen LogP contribution in [0.25, 0.3) is 5.65 Å². The Hall–Kier alpha value is -2.74. The van der Waals surface area contributed by atoms with Crippen LogP contribution in [0, 0.1) is 0 Å². The molecule has 2 heterocycles. The van der Waals surface area contributed by atoms with Crippen LogP contribution in [0.15, 0.2) is 28.6 Å². The third-order valence-electron chi connectivity index (χ3n) is 4.13. The highest BCUT2D eigenvalue weighted by Crippen LogP contribution is 2.40. The lowest BCUT2D eigenvalue weighted by molar-refractivity contribution is -0.145. The fourth-order valence-corrected chi connectivity index (χ4v) is 2.77. The summed E-state index contributed by atoms with van der Waals surface area (Å²) in [6.07, 6.45) is 7.60. The standard InChI is InChI=1S/C19H25N5O3/c1-19(2,3)27-18(26)16(23-20)8-21-7-15-10-24-9-13(12-4-5-12)6-14(11-25)17(24)22-15/h6,8-10,12,25H,4-5,7,11,20H2,1-3H3. The van der Waals surface area contributed by atoms with Gasteiger partial charge < -0.3 is 20.1 Å². The maximum absolute atomic E-state index is 12.0. The van der Waals surface area contributed by atoms with Crippen molar-refractivity contribution in [1.82, 2.24) is 9.38 Å². The number of pyridine rings is 1. The van der Waals surface area contributed by atoms with Gasteiger partial charge in [0.15, 0.2) is 5.71 Å². The summed E-state index contributed by atoms with van der Waals surface area (Å²) in [4.78, 5) is 20.7. The quantitative estimate of drug-likeness (QED) is 0.348. The average Bonchev–Trinajstić information content (AvgIpc) is 3.36. The van der Waals surface area contributed by atoms with Gasteiger partial charge in [-0.15, -0.1) is 0 Å². The van der Waals surface area contributed by atoms with Crippen LogP contribution >= 0.6 is 0 Å². The number of aliphatic imine (C=N–C) groups is 1. The van der Waals surface area contributed by atoms with Crippen LogP contribution in [0.2, 0.25) is 0 Å². The van der Waals surface area contributed by atoms with Crippen molar-refractivity contribution in [2.75, 3.05) is 0 Å². The molecule has 8 heteroatoms. The van der Waals surface area contributed by atoms with Crippen molar-refractivity contribution in [3.8, 4) is 0 Å². The first-order valence-electron chi connectivity index (χ1n) is 8.93. The molecule has 0 aliphatic heterocycles. The molecule has 144 valence electrons. The Morgan fingerprint density at radius 1 is 1.44 bits per heavy atom. The summed E-state index contributed by atoms with van der Waals surface area (Å²) in [5.41, 5.74) is 2.76. The van der Waals surface area contributed by atoms with Crippen LogP contribution in [-0.2, 0) is 22.7 Å². The zero-order valence-electron chi connectivity index (χ0n) is 15.8. The second-order valence-corrected chi connectivity index (χ2v) is 7.68. The SMILES string of the molecule is CC(C)(C)OC(=O)C(C=NCc1cn2cc(C3CC3)cc(CO)c2n1)=NN. The van der Waals surface area contributed by atoms with E-state index in [2.05, 4.69) is 21.3 Å². The molecule has 1 aliphatic carbocycles. The summed E-state index contributed by atoms with van der Waals surface area (Å²) < 4.78 is 7.15. The van der Waals surface area contributed by atoms with Gasteiger partial charge in [0.25, 0.3) is 0 Å². The summed E-state index contributed by atoms with van der Waals surface area (Å²) >= 11 is 0. The fraction of sp³-hybridized carbons (Fsp3) is 0.474. The zero-order chi connectivity index (χ0) is 19.6. The summed E-state index contributed by atoms with van der Waals surface area (Å²) in [6.45, 7) is 5.49. The average molecular weight is 371 g/mol. The predicted octanol–water partition coefficient (Wildman–Crippen LogP) is 1.93. The highest BCUT2D eigenvalue weighted by Gasteiger charge is 2.25. The highest BCUT2D eigenvalue weighted by molar-refractivity contribution is 6.59. The maximum Gasteiger partial charge on any atom is 0.360 e. The van der Waals surface area contributed by atoms with Gasteiger partial charge in [0, 0.05) is 18.0 Å². The molecule has 0 radical (unpaired) electrons. The molecule has 0 unspecified atom stereocenters. The fourth-order valence-electron chi connectivity index (χ4n) is 2.77. The molecule has 3 N–H and O–H groups in total. The molecule has 0 atom stereocenters. The molecule has 0 spiro atoms. The van der Waals surface area contributed by atoms with Crippen LogP contribution in [0.1, 0.15) is 56.4 Å². The van der Waals surface area contributed by atoms with E-state index >= 15 is 0 Å². The third-order valence-corrected chi connectivity index (χ3v) is 4.13. The number of aromatic nitrogens is 2. The lowest BCUT2D eigenvalue weighted by Gasteiger charge is -2.18. The van der Waals surface area contributed by atoms with Crippen molar-refractivity contribution in [2.24, 2.45) is 15.9 Å². The van der Waals surface area contributed by atoms with Gasteiger partial charge in [0.1, 0.15) is 11.2 Å². The summed E-state index contributed by atoms with van der Waals surface area (Å²) in [7, 11) is 0. The number of carbonyl (C=O) groups is 1. The molecule has 1 saturated carbocycles. The number of nitrogens with two attached hydrogens (primary N) is 1. The molecular weight excluding hydrogens is 346 g/mol. The smallest absolute Gasteiger partial charge is 0.360 e. The Kier molecular flexibility index (Phi) is 5.27. The molecular formula is C19H25N5O3. The van der Waals surface area contributed by atoms with Gasteiger partial charge in [-0.3, -0.25) is 4.99 Å². The Morgan fingerprint density at radius 2 is 2.19 bits per heavy atom. The number of hydrogen-bond donors (Lipinski definition) is 2. The van der Waals surface area contributed by atoms with E-state index < -0.39 is 11.6 Å². The van der Waals surface area contributed by atoms with Crippen LogP contribution in [0.4, 0.5) is 0 Å². The minimum absolute atomic E-state index is 0.0549. The number of aliphatic hydroxyl groups is 1. The lowest BCUT2D eigenvalue weighted by atomic mass is 10.1. The first-order valence-corrected chi connectivity index (χ1v) is 8.93. The molecule has 0 bridgehead atoms. The third kappa shape index (κ3) is 4.71. The van der Waals surface area contributed by atoms with Crippen molar-refractivity contribution in [3.63, 3.8) is 0 Å². The van der Waals surface area contributed by atoms with E-state index in [1.54, 1.807) is 20.8 Å². The summed E-state index contributed by atoms with van der Waals surface area (Å²) in [6, 6.07) is 2.02. The number of esters is 1. The summed E-state index contributed by atoms with van der Waals surface area (Å²) in [5.74, 6) is 5.23. The van der Waals surface area contributed by atoms with E-state index in [4.69, 9.17) is 10.6 Å². The van der Waals surface area contributed by atoms with Gasteiger partial charge >= 0.3 is 5.97 Å². The van der Waals surface area contributed by atoms with Gasteiger partial charge in [-0.05, 0) is 51.2 Å². The highest BCUT2D eigenvalue weighted by atomic mass is 16.6. The number of nitrogens with zero attached hydrogens (tertiary/aromatic N) is 4. The summed E-state index contributed by atoms with van der Waals surface area (Å²) in [5, 5.41) is 13.1. The number of hydrogen-bond acceptors (Lipinski definition) is 7. The number of carbonyl (C=O) groups excluding carboxylic acids is 1. The maximum atomic E-state index is 12.0. The van der Waals surface area contributed by atoms with E-state index in [9.17, 15) is 9.90 Å². The van der Waals surface area contributed by atoms with Crippen molar-refractivity contribution < 1.29 is 14.6 Å². The van der Waals surface area contributed by atoms with Gasteiger partial charge in [-0.2, -0.15) is 5.10 Å². The van der Waals surface area contributed by atoms with E-state index in [1.807, 2.05) is 16.7 Å². The Labute approximate surface area is 157 Å². The van der Waals surface area contributed by atoms with Gasteiger partial charge in [0.2, 0.25) is 0 Å². The lowest BCUT2D eigenvalue weighted by Crippen LogP contribution is -2.30. The normalized spacial score (nSPS) is 15.6. The van der Waals surface area contributed by atoms with Gasteiger partial charge in [-0.1, -0.05) is 0 Å². The minimum Gasteiger partial charge on any atom is -0.455 e. The van der Waals surface area contributed by atoms with Crippen molar-refractivity contribution in [1.29, 1.82) is 0 Å². The molecule has 2 aromatic rings. The monoisotopic (exact) mass is 371 g/mol. The second-order valence-electron chi connectivity index (χ2n) is 7.68. The Morgan fingerprint density at radius 3 is 2.78 bits per heavy atom. The predicted molar refractivity (Wildman–Crippen MR) is 103 cm³/mol. The number of fused-ring (bicyclic) bond motifs is 1. The first kappa shape index (κ1) is 19.0. The molecule has 3 rings (SSSR count). The van der Waals surface area contributed by atoms with Crippen LogP contribution < -0.4 is 5.84 Å². The number of aliphatic hydroxyl groups excluding tert-OH is 1. The topological polar surface area (TPSA) is 115 Å². The van der Waals surface area contributed by atoms with Crippen molar-refractivity contribution in [2.45, 2.75) is 58.3 Å². The van der Waals surface area contributed by atoms with E-state index in [0.29, 0.717) is 11.6 Å². The number of rotatable bonds is 6. The number of ether oxygens (including phenoxy) is 1. The molecule has 0 amide bonds. The van der Waals surface area contributed by atoms with Crippen molar-refractivity contribution >= 4 is 23.5 Å². The van der Waals surface area contributed by atoms with Crippen LogP contribution in [0.3, 0.4) is 0 Å². The van der Waals surface area contributed by atoms with E-state index in [0.717, 1.165) is 11.3 Å². The Bertz CT molecular complexity index is 904. The van der Waals surface area contributed by atoms with Crippen LogP contribution in [-0.4, -0.2) is 38.0 Å². The van der Waals surface area contributed by atoms with E-state index in [-0.39, 0.29) is 18.9 Å². The van der Waals surface area contributed by atoms with Gasteiger partial charge in [0.05, 0.1) is 25.1 Å². The molecule has 8 nitrogen and oxygen atoms in total. The van der Waals surface area contributed by atoms with Crippen molar-refractivity contribution in [3.05, 3.63) is 35.3 Å². The number of imidazole rings is 1. The molecule has 1 aliphatic rings. The molecule has 2 aromatic heterocycles. The number of hydrazone groups is 1. The Balaban J connectivity index is 1.74. The molecule has 1 fully saturated rings. The molecule has 27 heavy (non-hydrogen) atoms. The molecule has 0 saturated heterocycles. The zero-order valence-corrected chi connectivity index (χ0v) is 15.8. The minimum atomic E-state index is -0.636. The van der Waals surface area contributed by atoms with Crippen LogP contribution in [0.5, 0.6) is 0 Å². The molecule has 0 aromatic carbocycles. The largest absolute Gasteiger partial charge is 0.455 e. The van der Waals surface area contributed by atoms with Gasteiger partial charge in [-0.25, -0.2) is 9.78 Å². The first-order chi connectivity index (χ1) is 12.8. The second kappa shape index (κ2) is 7.48.